The first kappa shape index (κ1) is 15.3. The molecule has 2 fully saturated rings. The Morgan fingerprint density at radius 1 is 1.16 bits per heavy atom. The molecule has 3 nitrogen and oxygen atoms in total. The minimum atomic E-state index is 0.727. The van der Waals surface area contributed by atoms with Crippen molar-refractivity contribution in [2.24, 2.45) is 5.92 Å². The summed E-state index contributed by atoms with van der Waals surface area (Å²) in [5, 5.41) is 3.70. The lowest BCUT2D eigenvalue weighted by atomic mass is 10.0. The molecule has 0 aromatic rings. The fourth-order valence-corrected chi connectivity index (χ4v) is 3.58. The summed E-state index contributed by atoms with van der Waals surface area (Å²) >= 11 is 0. The van der Waals surface area contributed by atoms with Crippen molar-refractivity contribution in [3.05, 3.63) is 0 Å². The van der Waals surface area contributed by atoms with Crippen LogP contribution < -0.4 is 5.32 Å². The Balaban J connectivity index is 1.70. The standard InChI is InChI=1S/C16H33N3/c1-4-8-17-16-6-5-9-18(13-16)11-15-7-10-19(12-15)14(2)3/h14-17H,4-13H2,1-3H3. The van der Waals surface area contributed by atoms with Crippen LogP contribution in [-0.2, 0) is 0 Å². The number of nitrogens with one attached hydrogen (secondary N) is 1. The van der Waals surface area contributed by atoms with E-state index >= 15 is 0 Å². The fourth-order valence-electron chi connectivity index (χ4n) is 3.58. The van der Waals surface area contributed by atoms with E-state index in [1.165, 1.54) is 65.0 Å². The lowest BCUT2D eigenvalue weighted by molar-refractivity contribution is 0.162. The molecule has 112 valence electrons. The van der Waals surface area contributed by atoms with Crippen LogP contribution in [0.5, 0.6) is 0 Å². The maximum absolute atomic E-state index is 3.70. The summed E-state index contributed by atoms with van der Waals surface area (Å²) in [6.07, 6.45) is 5.41. The highest BCUT2D eigenvalue weighted by Gasteiger charge is 2.27. The van der Waals surface area contributed by atoms with E-state index in [0.717, 1.165) is 18.0 Å². The van der Waals surface area contributed by atoms with Crippen molar-refractivity contribution in [2.75, 3.05) is 39.3 Å². The van der Waals surface area contributed by atoms with E-state index in [1.54, 1.807) is 0 Å². The summed E-state index contributed by atoms with van der Waals surface area (Å²) in [7, 11) is 0. The van der Waals surface area contributed by atoms with Gasteiger partial charge < -0.3 is 15.1 Å². The quantitative estimate of drug-likeness (QED) is 0.796. The van der Waals surface area contributed by atoms with Crippen molar-refractivity contribution in [1.29, 1.82) is 0 Å². The third kappa shape index (κ3) is 4.73. The van der Waals surface area contributed by atoms with Crippen LogP contribution in [0, 0.1) is 5.92 Å². The largest absolute Gasteiger partial charge is 0.313 e. The molecule has 0 saturated carbocycles. The predicted molar refractivity (Wildman–Crippen MR) is 82.6 cm³/mol. The van der Waals surface area contributed by atoms with Crippen molar-refractivity contribution in [3.8, 4) is 0 Å². The molecule has 3 heteroatoms. The van der Waals surface area contributed by atoms with Crippen molar-refractivity contribution in [1.82, 2.24) is 15.1 Å². The van der Waals surface area contributed by atoms with Gasteiger partial charge in [-0.3, -0.25) is 0 Å². The maximum Gasteiger partial charge on any atom is 0.0195 e. The zero-order chi connectivity index (χ0) is 13.7. The smallest absolute Gasteiger partial charge is 0.0195 e. The number of likely N-dealkylation sites (tertiary alicyclic amines) is 2. The van der Waals surface area contributed by atoms with Crippen LogP contribution in [0.2, 0.25) is 0 Å². The highest BCUT2D eigenvalue weighted by molar-refractivity contribution is 4.84. The Kier molecular flexibility index (Phi) is 6.11. The Morgan fingerprint density at radius 2 is 2.00 bits per heavy atom. The van der Waals surface area contributed by atoms with E-state index in [-0.39, 0.29) is 0 Å². The van der Waals surface area contributed by atoms with Crippen LogP contribution in [0.1, 0.15) is 46.5 Å². The molecule has 19 heavy (non-hydrogen) atoms. The fraction of sp³-hybridized carbons (Fsp3) is 1.00. The van der Waals surface area contributed by atoms with Gasteiger partial charge in [-0.25, -0.2) is 0 Å². The number of hydrogen-bond acceptors (Lipinski definition) is 3. The predicted octanol–water partition coefficient (Wildman–Crippen LogP) is 2.18. The summed E-state index contributed by atoms with van der Waals surface area (Å²) in [5.41, 5.74) is 0. The first-order valence-electron chi connectivity index (χ1n) is 8.38. The van der Waals surface area contributed by atoms with Gasteiger partial charge in [0.2, 0.25) is 0 Å². The van der Waals surface area contributed by atoms with E-state index in [0.29, 0.717) is 0 Å². The van der Waals surface area contributed by atoms with E-state index in [2.05, 4.69) is 35.9 Å². The summed E-state index contributed by atoms with van der Waals surface area (Å²) in [6.45, 7) is 14.7. The average molecular weight is 267 g/mol. The molecule has 0 radical (unpaired) electrons. The number of hydrogen-bond donors (Lipinski definition) is 1. The molecule has 0 aliphatic carbocycles. The van der Waals surface area contributed by atoms with E-state index in [9.17, 15) is 0 Å². The molecular weight excluding hydrogens is 234 g/mol. The Morgan fingerprint density at radius 3 is 2.68 bits per heavy atom. The van der Waals surface area contributed by atoms with E-state index in [1.807, 2.05) is 0 Å². The Bertz CT molecular complexity index is 254. The molecular formula is C16H33N3. The molecule has 0 aromatic heterocycles. The van der Waals surface area contributed by atoms with Gasteiger partial charge in [0.25, 0.3) is 0 Å². The van der Waals surface area contributed by atoms with Gasteiger partial charge in [0.1, 0.15) is 0 Å². The lowest BCUT2D eigenvalue weighted by Crippen LogP contribution is -2.47. The molecule has 0 amide bonds. The zero-order valence-electron chi connectivity index (χ0n) is 13.2. The first-order chi connectivity index (χ1) is 9.19. The number of piperidine rings is 1. The van der Waals surface area contributed by atoms with Crippen LogP contribution in [0.25, 0.3) is 0 Å². The first-order valence-corrected chi connectivity index (χ1v) is 8.38. The summed E-state index contributed by atoms with van der Waals surface area (Å²) in [5.74, 6) is 0.910. The third-order valence-corrected chi connectivity index (χ3v) is 4.75. The van der Waals surface area contributed by atoms with Gasteiger partial charge in [-0.05, 0) is 65.1 Å². The second-order valence-corrected chi connectivity index (χ2v) is 6.80. The monoisotopic (exact) mass is 267 g/mol. The normalized spacial score (nSPS) is 30.3. The minimum absolute atomic E-state index is 0.727. The van der Waals surface area contributed by atoms with Crippen LogP contribution in [-0.4, -0.2) is 61.2 Å². The molecule has 0 bridgehead atoms. The van der Waals surface area contributed by atoms with Crippen molar-refractivity contribution in [2.45, 2.75) is 58.5 Å². The molecule has 2 aliphatic heterocycles. The van der Waals surface area contributed by atoms with Crippen LogP contribution >= 0.6 is 0 Å². The molecule has 2 heterocycles. The zero-order valence-corrected chi connectivity index (χ0v) is 13.2. The second-order valence-electron chi connectivity index (χ2n) is 6.80. The molecule has 1 N–H and O–H groups in total. The molecule has 2 rings (SSSR count). The van der Waals surface area contributed by atoms with Crippen molar-refractivity contribution in [3.63, 3.8) is 0 Å². The Hall–Kier alpha value is -0.120. The van der Waals surface area contributed by atoms with Crippen molar-refractivity contribution >= 4 is 0 Å². The van der Waals surface area contributed by atoms with Gasteiger partial charge >= 0.3 is 0 Å². The second kappa shape index (κ2) is 7.61. The SMILES string of the molecule is CCCNC1CCCN(CC2CCN(C(C)C)C2)C1. The number of nitrogens with zero attached hydrogens (tertiary/aromatic N) is 2. The summed E-state index contributed by atoms with van der Waals surface area (Å²) in [6, 6.07) is 1.47. The molecule has 2 atom stereocenters. The van der Waals surface area contributed by atoms with E-state index in [4.69, 9.17) is 0 Å². The van der Waals surface area contributed by atoms with Gasteiger partial charge in [-0.2, -0.15) is 0 Å². The van der Waals surface area contributed by atoms with Gasteiger partial charge in [0.05, 0.1) is 0 Å². The molecule has 2 aliphatic rings. The topological polar surface area (TPSA) is 18.5 Å². The molecule has 0 aromatic carbocycles. The third-order valence-electron chi connectivity index (χ3n) is 4.75. The van der Waals surface area contributed by atoms with Gasteiger partial charge in [-0.15, -0.1) is 0 Å². The van der Waals surface area contributed by atoms with Crippen molar-refractivity contribution < 1.29 is 0 Å². The van der Waals surface area contributed by atoms with Gasteiger partial charge in [0.15, 0.2) is 0 Å². The summed E-state index contributed by atoms with van der Waals surface area (Å²) < 4.78 is 0. The average Bonchev–Trinajstić information content (AvgIpc) is 2.85. The van der Waals surface area contributed by atoms with E-state index < -0.39 is 0 Å². The minimum Gasteiger partial charge on any atom is -0.313 e. The molecule has 2 saturated heterocycles. The highest BCUT2D eigenvalue weighted by Crippen LogP contribution is 2.21. The number of rotatable bonds is 6. The van der Waals surface area contributed by atoms with Gasteiger partial charge in [0, 0.05) is 31.7 Å². The molecule has 2 unspecified atom stereocenters. The highest BCUT2D eigenvalue weighted by atomic mass is 15.2. The van der Waals surface area contributed by atoms with Crippen LogP contribution in [0.15, 0.2) is 0 Å². The van der Waals surface area contributed by atoms with Gasteiger partial charge in [-0.1, -0.05) is 6.92 Å². The molecule has 0 spiro atoms. The Labute approximate surface area is 119 Å². The summed E-state index contributed by atoms with van der Waals surface area (Å²) in [4.78, 5) is 5.35. The van der Waals surface area contributed by atoms with Crippen LogP contribution in [0.3, 0.4) is 0 Å². The lowest BCUT2D eigenvalue weighted by Gasteiger charge is -2.35. The van der Waals surface area contributed by atoms with Crippen LogP contribution in [0.4, 0.5) is 0 Å². The maximum atomic E-state index is 3.70.